The van der Waals surface area contributed by atoms with E-state index in [2.05, 4.69) is 37.4 Å². The molecule has 3 heterocycles. The summed E-state index contributed by atoms with van der Waals surface area (Å²) >= 11 is 12.0. The van der Waals surface area contributed by atoms with Gasteiger partial charge in [-0.3, -0.25) is 9.59 Å². The molecule has 0 saturated carbocycles. The maximum absolute atomic E-state index is 12.9. The summed E-state index contributed by atoms with van der Waals surface area (Å²) in [5.41, 5.74) is 0.910. The van der Waals surface area contributed by atoms with Gasteiger partial charge in [0.15, 0.2) is 0 Å². The molecule has 3 aromatic rings. The average molecular weight is 627 g/mol. The van der Waals surface area contributed by atoms with Crippen molar-refractivity contribution in [3.8, 4) is 0 Å². The molecule has 208 valence electrons. The zero-order valence-electron chi connectivity index (χ0n) is 20.3. The lowest BCUT2D eigenvalue weighted by Crippen LogP contribution is -2.29. The van der Waals surface area contributed by atoms with Crippen LogP contribution < -0.4 is 15.5 Å². The number of carbonyl (C=O) groups excluding carboxylic acids is 2. The lowest BCUT2D eigenvalue weighted by Gasteiger charge is -2.21. The van der Waals surface area contributed by atoms with E-state index in [1.165, 1.54) is 12.3 Å². The van der Waals surface area contributed by atoms with Crippen LogP contribution in [0, 0.1) is 0 Å². The number of carbonyl (C=O) groups is 2. The van der Waals surface area contributed by atoms with Gasteiger partial charge in [-0.25, -0.2) is 9.97 Å². The Morgan fingerprint density at radius 1 is 0.816 bits per heavy atom. The van der Waals surface area contributed by atoms with Gasteiger partial charge in [-0.15, -0.1) is 37.2 Å². The molecule has 1 saturated heterocycles. The largest absolute Gasteiger partial charge is 0.412 e. The van der Waals surface area contributed by atoms with Gasteiger partial charge in [-0.2, -0.15) is 0 Å². The Morgan fingerprint density at radius 2 is 1.55 bits per heavy atom. The molecule has 2 amide bonds. The molecule has 0 spiro atoms. The Labute approximate surface area is 249 Å². The van der Waals surface area contributed by atoms with Crippen molar-refractivity contribution in [1.29, 1.82) is 0 Å². The van der Waals surface area contributed by atoms with E-state index in [1.54, 1.807) is 36.5 Å². The quantitative estimate of drug-likeness (QED) is 0.417. The zero-order valence-corrected chi connectivity index (χ0v) is 24.3. The van der Waals surface area contributed by atoms with Crippen LogP contribution in [-0.2, 0) is 0 Å². The first kappa shape index (κ1) is 35.6. The van der Waals surface area contributed by atoms with E-state index in [-0.39, 0.29) is 54.2 Å². The normalized spacial score (nSPS) is 12.9. The molecule has 0 aliphatic carbocycles. The number of nitrogens with zero attached hydrogens (tertiary/aromatic N) is 4. The van der Waals surface area contributed by atoms with E-state index < -0.39 is 5.91 Å². The summed E-state index contributed by atoms with van der Waals surface area (Å²) in [4.78, 5) is 38.8. The van der Waals surface area contributed by atoms with Gasteiger partial charge in [0.25, 0.3) is 11.8 Å². The zero-order chi connectivity index (χ0) is 24.1. The number of hydrogen-bond acceptors (Lipinski definition) is 6. The molecule has 1 aliphatic heterocycles. The van der Waals surface area contributed by atoms with Crippen LogP contribution >= 0.6 is 60.4 Å². The van der Waals surface area contributed by atoms with Crippen LogP contribution in [0.5, 0.6) is 0 Å². The fraction of sp³-hybridized carbons (Fsp3) is 0.250. The second-order valence-corrected chi connectivity index (χ2v) is 8.88. The van der Waals surface area contributed by atoms with Crippen molar-refractivity contribution < 1.29 is 15.1 Å². The first-order valence-electron chi connectivity index (χ1n) is 10.8. The molecule has 0 unspecified atom stereocenters. The number of nitrogens with one attached hydrogen (secondary N) is 2. The van der Waals surface area contributed by atoms with E-state index in [4.69, 9.17) is 23.2 Å². The summed E-state index contributed by atoms with van der Waals surface area (Å²) in [5.74, 6) is 0.322. The third kappa shape index (κ3) is 9.43. The van der Waals surface area contributed by atoms with Gasteiger partial charge in [0.1, 0.15) is 11.6 Å². The lowest BCUT2D eigenvalue weighted by molar-refractivity contribution is 0.102. The van der Waals surface area contributed by atoms with E-state index in [9.17, 15) is 9.59 Å². The molecule has 1 aliphatic rings. The molecule has 4 rings (SSSR count). The molecule has 9 nitrogen and oxygen atoms in total. The molecular formula is C24H29Cl5N6O3. The van der Waals surface area contributed by atoms with Crippen LogP contribution in [0.4, 0.5) is 17.3 Å². The molecule has 1 aromatic carbocycles. The van der Waals surface area contributed by atoms with Crippen molar-refractivity contribution in [2.45, 2.75) is 6.42 Å². The first-order valence-corrected chi connectivity index (χ1v) is 11.6. The Hall–Kier alpha value is -2.37. The van der Waals surface area contributed by atoms with E-state index in [1.807, 2.05) is 6.07 Å². The predicted octanol–water partition coefficient (Wildman–Crippen LogP) is 4.87. The number of likely N-dealkylation sites (N-methyl/N-ethyl adjacent to an activating group) is 1. The van der Waals surface area contributed by atoms with Gasteiger partial charge < -0.3 is 25.9 Å². The minimum atomic E-state index is -0.466. The van der Waals surface area contributed by atoms with Crippen molar-refractivity contribution in [2.24, 2.45) is 0 Å². The Balaban J connectivity index is 0.00000342. The van der Waals surface area contributed by atoms with Gasteiger partial charge in [0.05, 0.1) is 21.8 Å². The topological polar surface area (TPSA) is 122 Å². The highest BCUT2D eigenvalue weighted by molar-refractivity contribution is 6.31. The van der Waals surface area contributed by atoms with Crippen molar-refractivity contribution in [3.63, 3.8) is 0 Å². The smallest absolute Gasteiger partial charge is 0.258 e. The van der Waals surface area contributed by atoms with Crippen LogP contribution in [-0.4, -0.2) is 65.4 Å². The molecular weight excluding hydrogens is 598 g/mol. The van der Waals surface area contributed by atoms with Gasteiger partial charge in [-0.1, -0.05) is 23.2 Å². The number of benzene rings is 1. The van der Waals surface area contributed by atoms with Crippen molar-refractivity contribution in [2.75, 3.05) is 48.8 Å². The summed E-state index contributed by atoms with van der Waals surface area (Å²) < 4.78 is 0. The number of rotatable bonds is 5. The van der Waals surface area contributed by atoms with Crippen molar-refractivity contribution in [1.82, 2.24) is 14.9 Å². The van der Waals surface area contributed by atoms with Gasteiger partial charge >= 0.3 is 0 Å². The molecule has 1 fully saturated rings. The minimum absolute atomic E-state index is 0. The number of aromatic nitrogens is 2. The summed E-state index contributed by atoms with van der Waals surface area (Å²) in [5, 5.41) is 6.28. The highest BCUT2D eigenvalue weighted by atomic mass is 35.5. The molecule has 0 atom stereocenters. The second kappa shape index (κ2) is 16.6. The molecule has 38 heavy (non-hydrogen) atoms. The van der Waals surface area contributed by atoms with Crippen molar-refractivity contribution >= 4 is 89.6 Å². The highest BCUT2D eigenvalue weighted by Gasteiger charge is 2.18. The number of hydrogen-bond donors (Lipinski definition) is 2. The monoisotopic (exact) mass is 624 g/mol. The molecule has 0 radical (unpaired) electrons. The maximum Gasteiger partial charge on any atom is 0.258 e. The lowest BCUT2D eigenvalue weighted by atomic mass is 10.1. The van der Waals surface area contributed by atoms with Crippen molar-refractivity contribution in [3.05, 3.63) is 76.0 Å². The van der Waals surface area contributed by atoms with Gasteiger partial charge in [0, 0.05) is 37.1 Å². The minimum Gasteiger partial charge on any atom is -0.412 e. The van der Waals surface area contributed by atoms with Crippen LogP contribution in [0.1, 0.15) is 27.1 Å². The standard InChI is InChI=1S/C24H24Cl2N6O2.3ClH.H2O/c1-31-9-2-10-32(12-11-31)22-8-3-16(14-28-22)23(33)29-20-6-4-17(25)13-19(20)24(34)30-21-7-5-18(26)15-27-21;;;;/h3-8,13-15H,2,9-12H2,1H3,(H,29,33)(H,27,30,34);3*1H;1H2. The third-order valence-corrected chi connectivity index (χ3v) is 5.96. The third-order valence-electron chi connectivity index (χ3n) is 5.50. The van der Waals surface area contributed by atoms with Gasteiger partial charge in [-0.05, 0) is 62.5 Å². The molecule has 0 bridgehead atoms. The number of anilines is 3. The fourth-order valence-corrected chi connectivity index (χ4v) is 3.91. The summed E-state index contributed by atoms with van der Waals surface area (Å²) in [6, 6.07) is 11.5. The van der Waals surface area contributed by atoms with Crippen LogP contribution in [0.3, 0.4) is 0 Å². The first-order chi connectivity index (χ1) is 16.4. The SMILES string of the molecule is CN1CCCN(c2ccc(C(=O)Nc3ccc(Cl)cc3C(=O)Nc3ccc(Cl)cn3)cn2)CC1.Cl.Cl.Cl.O. The fourth-order valence-electron chi connectivity index (χ4n) is 3.62. The Kier molecular flexibility index (Phi) is 15.5. The van der Waals surface area contributed by atoms with Crippen LogP contribution in [0.2, 0.25) is 10.0 Å². The van der Waals surface area contributed by atoms with E-state index in [0.29, 0.717) is 27.1 Å². The average Bonchev–Trinajstić information content (AvgIpc) is 3.06. The van der Waals surface area contributed by atoms with Gasteiger partial charge in [0.2, 0.25) is 0 Å². The highest BCUT2D eigenvalue weighted by Crippen LogP contribution is 2.23. The Morgan fingerprint density at radius 3 is 2.21 bits per heavy atom. The summed E-state index contributed by atoms with van der Waals surface area (Å²) in [6.07, 6.45) is 4.04. The number of halogens is 5. The van der Waals surface area contributed by atoms with E-state index in [0.717, 1.165) is 38.4 Å². The maximum atomic E-state index is 12.9. The summed E-state index contributed by atoms with van der Waals surface area (Å²) in [6.45, 7) is 3.84. The number of pyridine rings is 2. The van der Waals surface area contributed by atoms with Crippen LogP contribution in [0.25, 0.3) is 0 Å². The predicted molar refractivity (Wildman–Crippen MR) is 161 cm³/mol. The summed E-state index contributed by atoms with van der Waals surface area (Å²) in [7, 11) is 2.11. The number of amides is 2. The van der Waals surface area contributed by atoms with Crippen LogP contribution in [0.15, 0.2) is 54.9 Å². The van der Waals surface area contributed by atoms with E-state index >= 15 is 0 Å². The molecule has 4 N–H and O–H groups in total. The molecule has 14 heteroatoms. The second-order valence-electron chi connectivity index (χ2n) is 8.01. The molecule has 2 aromatic heterocycles. The Bertz CT molecular complexity index is 1190.